The molecule has 2 saturated carbocycles. The lowest BCUT2D eigenvalue weighted by Crippen LogP contribution is -2.61. The standard InChI is InChI=1S/C26H40O10/c1-14(27)26-12-18(8-10-25(26,7)11-9-20(26)31)24(5,6)36-23-22(35-17(4)30)21(34-16(3)29)19(13-32-23)33-15(2)28/h18-23,31H,8-13H2,1-7H3. The molecule has 204 valence electrons. The largest absolute Gasteiger partial charge is 0.456 e. The van der Waals surface area contributed by atoms with Crippen LogP contribution in [-0.2, 0) is 42.9 Å². The zero-order valence-corrected chi connectivity index (χ0v) is 22.3. The number of carbonyl (C=O) groups is 4. The Morgan fingerprint density at radius 2 is 1.44 bits per heavy atom. The molecule has 0 spiro atoms. The number of ether oxygens (including phenoxy) is 5. The van der Waals surface area contributed by atoms with Crippen molar-refractivity contribution in [2.24, 2.45) is 16.7 Å². The van der Waals surface area contributed by atoms with E-state index in [1.54, 1.807) is 6.92 Å². The summed E-state index contributed by atoms with van der Waals surface area (Å²) in [4.78, 5) is 48.4. The van der Waals surface area contributed by atoms with Gasteiger partial charge in [-0.05, 0) is 64.2 Å². The summed E-state index contributed by atoms with van der Waals surface area (Å²) in [6.07, 6.45) is -1.73. The fraction of sp³-hybridized carbons (Fsp3) is 0.846. The summed E-state index contributed by atoms with van der Waals surface area (Å²) >= 11 is 0. The molecule has 3 fully saturated rings. The minimum Gasteiger partial charge on any atom is -0.456 e. The van der Waals surface area contributed by atoms with Crippen LogP contribution in [0, 0.1) is 16.7 Å². The number of aliphatic hydroxyl groups excluding tert-OH is 1. The summed E-state index contributed by atoms with van der Waals surface area (Å²) in [5.74, 6) is -2.01. The molecule has 0 amide bonds. The molecular weight excluding hydrogens is 472 g/mol. The van der Waals surface area contributed by atoms with Crippen LogP contribution in [0.25, 0.3) is 0 Å². The molecule has 36 heavy (non-hydrogen) atoms. The third kappa shape index (κ3) is 5.31. The fourth-order valence-corrected chi connectivity index (χ4v) is 6.64. The zero-order chi connectivity index (χ0) is 27.1. The average Bonchev–Trinajstić information content (AvgIpc) is 3.02. The van der Waals surface area contributed by atoms with Crippen molar-refractivity contribution in [2.45, 2.75) is 117 Å². The summed E-state index contributed by atoms with van der Waals surface area (Å²) in [7, 11) is 0. The minimum absolute atomic E-state index is 0.0126. The van der Waals surface area contributed by atoms with E-state index in [2.05, 4.69) is 6.92 Å². The maximum Gasteiger partial charge on any atom is 0.303 e. The molecule has 0 aromatic heterocycles. The molecule has 1 N–H and O–H groups in total. The number of aliphatic hydroxyl groups is 1. The van der Waals surface area contributed by atoms with E-state index in [0.717, 1.165) is 19.3 Å². The first-order valence-electron chi connectivity index (χ1n) is 12.6. The van der Waals surface area contributed by atoms with Crippen molar-refractivity contribution in [3.8, 4) is 0 Å². The summed E-state index contributed by atoms with van der Waals surface area (Å²) in [6.45, 7) is 10.9. The van der Waals surface area contributed by atoms with Gasteiger partial charge in [0.25, 0.3) is 0 Å². The maximum atomic E-state index is 13.0. The molecule has 1 aliphatic heterocycles. The van der Waals surface area contributed by atoms with Crippen molar-refractivity contribution in [1.82, 2.24) is 0 Å². The molecule has 8 atom stereocenters. The number of ketones is 1. The molecule has 1 saturated heterocycles. The number of esters is 3. The van der Waals surface area contributed by atoms with E-state index >= 15 is 0 Å². The molecule has 0 aromatic rings. The summed E-state index contributed by atoms with van der Waals surface area (Å²) in [6, 6.07) is 0. The van der Waals surface area contributed by atoms with E-state index in [1.807, 2.05) is 13.8 Å². The summed E-state index contributed by atoms with van der Waals surface area (Å²) < 4.78 is 28.4. The Morgan fingerprint density at radius 1 is 0.889 bits per heavy atom. The number of hydrogen-bond acceptors (Lipinski definition) is 10. The van der Waals surface area contributed by atoms with Gasteiger partial charge in [-0.2, -0.15) is 0 Å². The van der Waals surface area contributed by atoms with Crippen LogP contribution in [0.4, 0.5) is 0 Å². The molecular formula is C26H40O10. The number of rotatable bonds is 7. The topological polar surface area (TPSA) is 135 Å². The molecule has 8 unspecified atom stereocenters. The Labute approximate surface area is 212 Å². The summed E-state index contributed by atoms with van der Waals surface area (Å²) in [5, 5.41) is 10.9. The van der Waals surface area contributed by atoms with E-state index < -0.39 is 59.6 Å². The van der Waals surface area contributed by atoms with Gasteiger partial charge in [0.1, 0.15) is 5.78 Å². The first-order chi connectivity index (χ1) is 16.6. The number of Topliss-reactive ketones (excluding diaryl/α,β-unsaturated/α-hetero) is 1. The van der Waals surface area contributed by atoms with Crippen LogP contribution in [0.5, 0.6) is 0 Å². The van der Waals surface area contributed by atoms with Gasteiger partial charge in [-0.1, -0.05) is 6.92 Å². The first kappa shape index (κ1) is 28.5. The SMILES string of the molecule is CC(=O)OC1COC(OC(C)(C)C2CCC3(C)CCC(O)C3(C(C)=O)C2)C(OC(C)=O)C1OC(C)=O. The highest BCUT2D eigenvalue weighted by Crippen LogP contribution is 2.63. The van der Waals surface area contributed by atoms with Gasteiger partial charge < -0.3 is 28.8 Å². The minimum atomic E-state index is -1.18. The van der Waals surface area contributed by atoms with Crippen LogP contribution in [0.15, 0.2) is 0 Å². The van der Waals surface area contributed by atoms with Crippen LogP contribution >= 0.6 is 0 Å². The van der Waals surface area contributed by atoms with Gasteiger partial charge >= 0.3 is 17.9 Å². The first-order valence-corrected chi connectivity index (χ1v) is 12.6. The molecule has 1 heterocycles. The Bertz CT molecular complexity index is 884. The normalized spacial score (nSPS) is 38.6. The molecule has 0 aromatic carbocycles. The second-order valence-corrected chi connectivity index (χ2v) is 11.3. The molecule has 0 bridgehead atoms. The van der Waals surface area contributed by atoms with Gasteiger partial charge in [0.05, 0.1) is 23.7 Å². The van der Waals surface area contributed by atoms with Gasteiger partial charge in [-0.3, -0.25) is 19.2 Å². The second kappa shape index (κ2) is 10.4. The third-order valence-electron chi connectivity index (χ3n) is 8.56. The predicted molar refractivity (Wildman–Crippen MR) is 125 cm³/mol. The van der Waals surface area contributed by atoms with Gasteiger partial charge in [0.2, 0.25) is 0 Å². The van der Waals surface area contributed by atoms with Crippen LogP contribution in [0.1, 0.15) is 80.6 Å². The molecule has 3 aliphatic rings. The number of fused-ring (bicyclic) bond motifs is 1. The highest BCUT2D eigenvalue weighted by Gasteiger charge is 2.64. The van der Waals surface area contributed by atoms with Crippen molar-refractivity contribution in [1.29, 1.82) is 0 Å². The highest BCUT2D eigenvalue weighted by molar-refractivity contribution is 5.84. The third-order valence-corrected chi connectivity index (χ3v) is 8.56. The lowest BCUT2D eigenvalue weighted by atomic mass is 9.52. The van der Waals surface area contributed by atoms with Crippen LogP contribution in [-0.4, -0.2) is 71.7 Å². The monoisotopic (exact) mass is 512 g/mol. The predicted octanol–water partition coefficient (Wildman–Crippen LogP) is 2.47. The van der Waals surface area contributed by atoms with Crippen molar-refractivity contribution < 1.29 is 48.0 Å². The lowest BCUT2D eigenvalue weighted by molar-refractivity contribution is -0.311. The number of carbonyl (C=O) groups excluding carboxylic acids is 4. The van der Waals surface area contributed by atoms with Gasteiger partial charge in [-0.25, -0.2) is 0 Å². The van der Waals surface area contributed by atoms with Crippen LogP contribution in [0.2, 0.25) is 0 Å². The van der Waals surface area contributed by atoms with Crippen LogP contribution < -0.4 is 0 Å². The quantitative estimate of drug-likeness (QED) is 0.400. The molecule has 2 aliphatic carbocycles. The maximum absolute atomic E-state index is 13.0. The Kier molecular flexibility index (Phi) is 8.22. The van der Waals surface area contributed by atoms with E-state index in [4.69, 9.17) is 23.7 Å². The van der Waals surface area contributed by atoms with Crippen molar-refractivity contribution >= 4 is 23.7 Å². The van der Waals surface area contributed by atoms with Crippen LogP contribution in [0.3, 0.4) is 0 Å². The lowest BCUT2D eigenvalue weighted by Gasteiger charge is -2.54. The Balaban J connectivity index is 1.87. The summed E-state index contributed by atoms with van der Waals surface area (Å²) in [5.41, 5.74) is -1.98. The van der Waals surface area contributed by atoms with Crippen molar-refractivity contribution in [3.63, 3.8) is 0 Å². The number of hydrogen-bond donors (Lipinski definition) is 1. The van der Waals surface area contributed by atoms with Crippen molar-refractivity contribution in [3.05, 3.63) is 0 Å². The molecule has 3 rings (SSSR count). The zero-order valence-electron chi connectivity index (χ0n) is 22.3. The van der Waals surface area contributed by atoms with Gasteiger partial charge in [0.15, 0.2) is 24.6 Å². The average molecular weight is 513 g/mol. The van der Waals surface area contributed by atoms with Gasteiger partial charge in [0, 0.05) is 20.8 Å². The Hall–Kier alpha value is -2.04. The van der Waals surface area contributed by atoms with E-state index in [0.29, 0.717) is 12.8 Å². The molecule has 10 heteroatoms. The fourth-order valence-electron chi connectivity index (χ4n) is 6.64. The molecule has 0 radical (unpaired) electrons. The Morgan fingerprint density at radius 3 is 2.00 bits per heavy atom. The van der Waals surface area contributed by atoms with E-state index in [1.165, 1.54) is 20.8 Å². The van der Waals surface area contributed by atoms with E-state index in [9.17, 15) is 24.3 Å². The highest BCUT2D eigenvalue weighted by atomic mass is 16.7. The van der Waals surface area contributed by atoms with E-state index in [-0.39, 0.29) is 23.7 Å². The smallest absolute Gasteiger partial charge is 0.303 e. The second-order valence-electron chi connectivity index (χ2n) is 11.3. The van der Waals surface area contributed by atoms with Crippen molar-refractivity contribution in [2.75, 3.05) is 6.61 Å². The molecule has 10 nitrogen and oxygen atoms in total. The van der Waals surface area contributed by atoms with Gasteiger partial charge in [-0.15, -0.1) is 0 Å².